The van der Waals surface area contributed by atoms with Crippen molar-refractivity contribution >= 4 is 36.1 Å². The molecule has 104 valence electrons. The Bertz CT molecular complexity index is 506. The Morgan fingerprint density at radius 1 is 1.11 bits per heavy atom. The quantitative estimate of drug-likeness (QED) is 0.518. The monoisotopic (exact) mass is 331 g/mol. The van der Waals surface area contributed by atoms with Crippen LogP contribution in [-0.4, -0.2) is 39.3 Å². The number of hydrogen-bond acceptors (Lipinski definition) is 3. The molecule has 0 aliphatic rings. The number of carbonyl (C=O) groups excluding carboxylic acids is 1. The molecular formula is C11H14AsNO6. The molecule has 0 aliphatic heterocycles. The number of benzene rings is 1. The number of anilines is 1. The maximum atomic E-state index is 11.4. The number of aliphatic carboxylic acids is 1. The molecule has 1 rings (SSSR count). The minimum atomic E-state index is -4.89. The van der Waals surface area contributed by atoms with Crippen molar-refractivity contribution in [2.24, 2.45) is 0 Å². The molecule has 0 bridgehead atoms. The number of hydrogen-bond donors (Lipinski definition) is 4. The Labute approximate surface area is 112 Å². The minimum absolute atomic E-state index is 0.0676. The average molecular weight is 331 g/mol. The summed E-state index contributed by atoms with van der Waals surface area (Å²) in [6.07, 6.45) is 0.244. The standard InChI is InChI=1S/C11H14AsNO6/c14-10(2-1-3-11(15)16)13-9-6-4-8(5-7-9)12(17,18)19/h4-7H,1-3H2,(H,13,14)(H,15,16)(H2,17,18,19). The molecule has 0 aliphatic carbocycles. The van der Waals surface area contributed by atoms with E-state index in [1.165, 1.54) is 24.3 Å². The zero-order valence-corrected chi connectivity index (χ0v) is 11.8. The number of amides is 1. The summed E-state index contributed by atoms with van der Waals surface area (Å²) in [5.41, 5.74) is 0.410. The number of carbonyl (C=O) groups is 2. The van der Waals surface area contributed by atoms with Crippen LogP contribution >= 0.6 is 0 Å². The van der Waals surface area contributed by atoms with Gasteiger partial charge in [0.15, 0.2) is 0 Å². The van der Waals surface area contributed by atoms with Crippen molar-refractivity contribution in [2.45, 2.75) is 19.3 Å². The van der Waals surface area contributed by atoms with Gasteiger partial charge in [0, 0.05) is 0 Å². The molecule has 0 saturated heterocycles. The Kier molecular flexibility index (Phi) is 5.35. The van der Waals surface area contributed by atoms with Gasteiger partial charge in [-0.3, -0.25) is 0 Å². The van der Waals surface area contributed by atoms with Crippen LogP contribution in [0.5, 0.6) is 0 Å². The summed E-state index contributed by atoms with van der Waals surface area (Å²) in [7, 11) is 0. The van der Waals surface area contributed by atoms with Crippen LogP contribution in [0.3, 0.4) is 0 Å². The molecule has 1 amide bonds. The van der Waals surface area contributed by atoms with Crippen LogP contribution in [0.15, 0.2) is 24.3 Å². The Balaban J connectivity index is 2.51. The maximum absolute atomic E-state index is 11.4. The third-order valence-electron chi connectivity index (χ3n) is 2.28. The third kappa shape index (κ3) is 5.74. The van der Waals surface area contributed by atoms with Crippen LogP contribution in [0, 0.1) is 0 Å². The number of nitrogens with one attached hydrogen (secondary N) is 1. The average Bonchev–Trinajstić information content (AvgIpc) is 2.27. The molecule has 0 aromatic heterocycles. The number of carboxylic acids is 1. The van der Waals surface area contributed by atoms with Crippen molar-refractivity contribution < 1.29 is 26.6 Å². The molecule has 0 fully saturated rings. The van der Waals surface area contributed by atoms with E-state index in [4.69, 9.17) is 13.3 Å². The summed E-state index contributed by atoms with van der Waals surface area (Å²) in [4.78, 5) is 21.7. The molecule has 1 aromatic rings. The van der Waals surface area contributed by atoms with E-state index in [1.807, 2.05) is 0 Å². The fourth-order valence-electron chi connectivity index (χ4n) is 1.36. The van der Waals surface area contributed by atoms with Gasteiger partial charge in [0.05, 0.1) is 0 Å². The van der Waals surface area contributed by atoms with Gasteiger partial charge in [-0.25, -0.2) is 0 Å². The first kappa shape index (κ1) is 15.5. The second-order valence-electron chi connectivity index (χ2n) is 3.89. The van der Waals surface area contributed by atoms with E-state index in [0.717, 1.165) is 0 Å². The van der Waals surface area contributed by atoms with Crippen molar-refractivity contribution in [3.8, 4) is 0 Å². The van der Waals surface area contributed by atoms with Gasteiger partial charge in [-0.2, -0.15) is 0 Å². The van der Waals surface area contributed by atoms with Crippen LogP contribution < -0.4 is 9.67 Å². The van der Waals surface area contributed by atoms with E-state index < -0.39 is 20.1 Å². The van der Waals surface area contributed by atoms with Crippen LogP contribution in [0.2, 0.25) is 0 Å². The van der Waals surface area contributed by atoms with Gasteiger partial charge in [0.2, 0.25) is 0 Å². The zero-order valence-electron chi connectivity index (χ0n) is 9.94. The number of carboxylic acid groups (broad SMARTS) is 1. The van der Waals surface area contributed by atoms with Gasteiger partial charge in [-0.15, -0.1) is 0 Å². The summed E-state index contributed by atoms with van der Waals surface area (Å²) in [6, 6.07) is 5.30. The molecule has 19 heavy (non-hydrogen) atoms. The van der Waals surface area contributed by atoms with Crippen molar-refractivity contribution in [3.05, 3.63) is 24.3 Å². The first-order valence-corrected chi connectivity index (χ1v) is 8.85. The van der Waals surface area contributed by atoms with Gasteiger partial charge in [-0.05, 0) is 0 Å². The molecule has 0 saturated carbocycles. The summed E-state index contributed by atoms with van der Waals surface area (Å²) in [5.74, 6) is -1.29. The molecule has 1 aromatic carbocycles. The van der Waals surface area contributed by atoms with Gasteiger partial charge >= 0.3 is 112 Å². The first-order chi connectivity index (χ1) is 8.79. The summed E-state index contributed by atoms with van der Waals surface area (Å²) < 4.78 is 28.8. The van der Waals surface area contributed by atoms with E-state index in [2.05, 4.69) is 5.32 Å². The summed E-state index contributed by atoms with van der Waals surface area (Å²) in [5, 5.41) is 10.9. The summed E-state index contributed by atoms with van der Waals surface area (Å²) >= 11 is -4.89. The molecule has 0 heterocycles. The van der Waals surface area contributed by atoms with Crippen LogP contribution in [0.1, 0.15) is 19.3 Å². The zero-order chi connectivity index (χ0) is 14.5. The van der Waals surface area contributed by atoms with Crippen LogP contribution in [-0.2, 0) is 13.3 Å². The van der Waals surface area contributed by atoms with Crippen molar-refractivity contribution in [1.82, 2.24) is 0 Å². The Morgan fingerprint density at radius 3 is 2.16 bits per heavy atom. The molecule has 7 nitrogen and oxygen atoms in total. The van der Waals surface area contributed by atoms with Gasteiger partial charge in [0.1, 0.15) is 0 Å². The fraction of sp³-hybridized carbons (Fsp3) is 0.273. The Hall–Kier alpha value is -1.56. The van der Waals surface area contributed by atoms with E-state index in [-0.39, 0.29) is 29.5 Å². The normalized spacial score (nSPS) is 11.1. The van der Waals surface area contributed by atoms with E-state index in [0.29, 0.717) is 5.69 Å². The van der Waals surface area contributed by atoms with E-state index in [1.54, 1.807) is 0 Å². The van der Waals surface area contributed by atoms with Crippen molar-refractivity contribution in [1.29, 1.82) is 0 Å². The Morgan fingerprint density at radius 2 is 1.68 bits per heavy atom. The van der Waals surface area contributed by atoms with Gasteiger partial charge in [0.25, 0.3) is 0 Å². The first-order valence-electron chi connectivity index (χ1n) is 5.47. The summed E-state index contributed by atoms with van der Waals surface area (Å²) in [6.45, 7) is 0. The van der Waals surface area contributed by atoms with Crippen molar-refractivity contribution in [3.63, 3.8) is 0 Å². The predicted octanol–water partition coefficient (Wildman–Crippen LogP) is -0.559. The van der Waals surface area contributed by atoms with E-state index >= 15 is 0 Å². The second kappa shape index (κ2) is 6.56. The molecule has 8 heteroatoms. The molecule has 0 radical (unpaired) electrons. The topological polar surface area (TPSA) is 124 Å². The molecular weight excluding hydrogens is 317 g/mol. The van der Waals surface area contributed by atoms with E-state index in [9.17, 15) is 13.3 Å². The van der Waals surface area contributed by atoms with Crippen molar-refractivity contribution in [2.75, 3.05) is 5.32 Å². The van der Waals surface area contributed by atoms with Crippen LogP contribution in [0.25, 0.3) is 0 Å². The van der Waals surface area contributed by atoms with Crippen LogP contribution in [0.4, 0.5) is 5.69 Å². The molecule has 0 unspecified atom stereocenters. The SMILES string of the molecule is O=C(O)CCCC(=O)Nc1ccc([As](=O)(O)O)cc1. The second-order valence-corrected chi connectivity index (χ2v) is 7.25. The predicted molar refractivity (Wildman–Crippen MR) is 67.1 cm³/mol. The fourth-order valence-corrected chi connectivity index (χ4v) is 2.49. The molecule has 0 atom stereocenters. The molecule has 4 N–H and O–H groups in total. The molecule has 0 spiro atoms. The van der Waals surface area contributed by atoms with Gasteiger partial charge < -0.3 is 0 Å². The third-order valence-corrected chi connectivity index (χ3v) is 4.32. The number of rotatable bonds is 6. The van der Waals surface area contributed by atoms with Gasteiger partial charge in [-0.1, -0.05) is 0 Å².